The summed E-state index contributed by atoms with van der Waals surface area (Å²) in [4.78, 5) is 15.5. The Balaban J connectivity index is 2.16. The number of fused-ring (bicyclic) bond motifs is 1. The third kappa shape index (κ3) is 3.44. The molecular weight excluding hydrogens is 277 g/mol. The van der Waals surface area contributed by atoms with Gasteiger partial charge < -0.3 is 10.4 Å². The number of aliphatic hydroxyl groups excluding tert-OH is 1. The van der Waals surface area contributed by atoms with Gasteiger partial charge in [-0.2, -0.15) is 18.3 Å². The molecule has 2 heterocycles. The monoisotopic (exact) mass is 288 g/mol. The minimum Gasteiger partial charge on any atom is -0.396 e. The first-order valence-electron chi connectivity index (χ1n) is 5.69. The molecule has 0 bridgehead atoms. The summed E-state index contributed by atoms with van der Waals surface area (Å²) in [5.41, 5.74) is 0.886. The molecular formula is C11H11F3N4O2. The zero-order valence-corrected chi connectivity index (χ0v) is 10.2. The molecule has 108 valence electrons. The van der Waals surface area contributed by atoms with E-state index in [4.69, 9.17) is 5.11 Å². The standard InChI is InChI=1S/C11H11F3N4O2/c12-11(13,14)6-16-10(20)8-3-9-15-4-7(1-2-19)5-18(9)17-8/h3-5,19H,1-2,6H2,(H,16,20). The van der Waals surface area contributed by atoms with Crippen LogP contribution in [0.2, 0.25) is 0 Å². The molecule has 20 heavy (non-hydrogen) atoms. The second-order valence-corrected chi connectivity index (χ2v) is 4.07. The topological polar surface area (TPSA) is 79.5 Å². The summed E-state index contributed by atoms with van der Waals surface area (Å²) in [6.45, 7) is -1.48. The summed E-state index contributed by atoms with van der Waals surface area (Å²) >= 11 is 0. The number of aromatic nitrogens is 3. The average Bonchev–Trinajstić information content (AvgIpc) is 2.78. The molecule has 2 aromatic rings. The van der Waals surface area contributed by atoms with Gasteiger partial charge in [-0.1, -0.05) is 0 Å². The first-order chi connectivity index (χ1) is 9.39. The lowest BCUT2D eigenvalue weighted by molar-refractivity contribution is -0.123. The van der Waals surface area contributed by atoms with E-state index in [1.807, 2.05) is 0 Å². The molecule has 0 unspecified atom stereocenters. The van der Waals surface area contributed by atoms with Crippen molar-refractivity contribution in [2.75, 3.05) is 13.2 Å². The Kier molecular flexibility index (Phi) is 3.89. The molecule has 0 saturated heterocycles. The number of nitrogens with one attached hydrogen (secondary N) is 1. The summed E-state index contributed by atoms with van der Waals surface area (Å²) in [6, 6.07) is 1.29. The smallest absolute Gasteiger partial charge is 0.396 e. The van der Waals surface area contributed by atoms with Gasteiger partial charge in [0.15, 0.2) is 11.3 Å². The number of aliphatic hydroxyl groups is 1. The number of carbonyl (C=O) groups is 1. The van der Waals surface area contributed by atoms with Crippen LogP contribution >= 0.6 is 0 Å². The molecule has 0 fully saturated rings. The number of hydrogen-bond donors (Lipinski definition) is 2. The first kappa shape index (κ1) is 14.3. The summed E-state index contributed by atoms with van der Waals surface area (Å²) in [6.07, 6.45) is -1.04. The SMILES string of the molecule is O=C(NCC(F)(F)F)c1cc2ncc(CCO)cn2n1. The molecule has 2 N–H and O–H groups in total. The number of hydrogen-bond acceptors (Lipinski definition) is 4. The zero-order valence-electron chi connectivity index (χ0n) is 10.2. The van der Waals surface area contributed by atoms with Gasteiger partial charge in [0, 0.05) is 25.1 Å². The third-order valence-electron chi connectivity index (χ3n) is 2.45. The predicted molar refractivity (Wildman–Crippen MR) is 62.2 cm³/mol. The predicted octanol–water partition coefficient (Wildman–Crippen LogP) is 0.556. The maximum absolute atomic E-state index is 12.0. The van der Waals surface area contributed by atoms with Crippen molar-refractivity contribution in [2.24, 2.45) is 0 Å². The summed E-state index contributed by atoms with van der Waals surface area (Å²) in [5, 5.41) is 14.4. The quantitative estimate of drug-likeness (QED) is 0.861. The van der Waals surface area contributed by atoms with E-state index in [0.29, 0.717) is 17.6 Å². The summed E-state index contributed by atoms with van der Waals surface area (Å²) in [5.74, 6) is -0.920. The van der Waals surface area contributed by atoms with E-state index in [0.717, 1.165) is 0 Å². The van der Waals surface area contributed by atoms with Gasteiger partial charge >= 0.3 is 6.18 Å². The molecule has 9 heteroatoms. The highest BCUT2D eigenvalue weighted by Gasteiger charge is 2.28. The van der Waals surface area contributed by atoms with Gasteiger partial charge in [-0.25, -0.2) is 9.50 Å². The maximum Gasteiger partial charge on any atom is 0.405 e. The normalized spacial score (nSPS) is 11.8. The summed E-state index contributed by atoms with van der Waals surface area (Å²) in [7, 11) is 0. The molecule has 0 spiro atoms. The number of nitrogens with zero attached hydrogens (tertiary/aromatic N) is 3. The van der Waals surface area contributed by atoms with E-state index in [-0.39, 0.29) is 12.3 Å². The van der Waals surface area contributed by atoms with Crippen LogP contribution in [0.15, 0.2) is 18.5 Å². The largest absolute Gasteiger partial charge is 0.405 e. The van der Waals surface area contributed by atoms with Crippen molar-refractivity contribution in [3.63, 3.8) is 0 Å². The van der Waals surface area contributed by atoms with E-state index in [2.05, 4.69) is 10.1 Å². The number of amides is 1. The number of rotatable bonds is 4. The molecule has 2 rings (SSSR count). The van der Waals surface area contributed by atoms with Crippen LogP contribution in [0.3, 0.4) is 0 Å². The molecule has 0 radical (unpaired) electrons. The lowest BCUT2D eigenvalue weighted by Crippen LogP contribution is -2.33. The minimum absolute atomic E-state index is 0.0621. The Morgan fingerprint density at radius 1 is 1.45 bits per heavy atom. The van der Waals surface area contributed by atoms with E-state index in [1.165, 1.54) is 16.8 Å². The Bertz CT molecular complexity index is 624. The molecule has 1 amide bonds. The van der Waals surface area contributed by atoms with Crippen LogP contribution in [-0.4, -0.2) is 44.9 Å². The van der Waals surface area contributed by atoms with Crippen LogP contribution in [-0.2, 0) is 6.42 Å². The maximum atomic E-state index is 12.0. The summed E-state index contributed by atoms with van der Waals surface area (Å²) < 4.78 is 37.3. The van der Waals surface area contributed by atoms with Crippen LogP contribution in [0.4, 0.5) is 13.2 Å². The van der Waals surface area contributed by atoms with E-state index in [9.17, 15) is 18.0 Å². The Morgan fingerprint density at radius 3 is 2.85 bits per heavy atom. The van der Waals surface area contributed by atoms with E-state index < -0.39 is 18.6 Å². The van der Waals surface area contributed by atoms with Gasteiger partial charge in [0.2, 0.25) is 0 Å². The minimum atomic E-state index is -4.47. The van der Waals surface area contributed by atoms with Crippen molar-refractivity contribution in [1.82, 2.24) is 19.9 Å². The van der Waals surface area contributed by atoms with Gasteiger partial charge in [-0.3, -0.25) is 4.79 Å². The van der Waals surface area contributed by atoms with Crippen molar-refractivity contribution < 1.29 is 23.1 Å². The molecule has 6 nitrogen and oxygen atoms in total. The van der Waals surface area contributed by atoms with Crippen LogP contribution in [0.1, 0.15) is 16.1 Å². The highest BCUT2D eigenvalue weighted by molar-refractivity contribution is 5.93. The van der Waals surface area contributed by atoms with Crippen LogP contribution in [0.25, 0.3) is 5.65 Å². The van der Waals surface area contributed by atoms with Gasteiger partial charge in [0.1, 0.15) is 6.54 Å². The van der Waals surface area contributed by atoms with Gasteiger partial charge in [-0.05, 0) is 12.0 Å². The number of alkyl halides is 3. The van der Waals surface area contributed by atoms with Crippen molar-refractivity contribution in [2.45, 2.75) is 12.6 Å². The lowest BCUT2D eigenvalue weighted by atomic mass is 10.2. The molecule has 2 aromatic heterocycles. The van der Waals surface area contributed by atoms with Gasteiger partial charge in [0.05, 0.1) is 0 Å². The van der Waals surface area contributed by atoms with Crippen LogP contribution < -0.4 is 5.32 Å². The first-order valence-corrected chi connectivity index (χ1v) is 5.69. The molecule has 0 aromatic carbocycles. The fourth-order valence-electron chi connectivity index (χ4n) is 1.56. The van der Waals surface area contributed by atoms with Crippen LogP contribution in [0.5, 0.6) is 0 Å². The second kappa shape index (κ2) is 5.45. The van der Waals surface area contributed by atoms with Crippen LogP contribution in [0, 0.1) is 0 Å². The lowest BCUT2D eigenvalue weighted by Gasteiger charge is -2.06. The molecule has 0 atom stereocenters. The number of halogens is 3. The highest BCUT2D eigenvalue weighted by atomic mass is 19.4. The Labute approximate surface area is 111 Å². The highest BCUT2D eigenvalue weighted by Crippen LogP contribution is 2.13. The Hall–Kier alpha value is -2.16. The van der Waals surface area contributed by atoms with Crippen molar-refractivity contribution in [1.29, 1.82) is 0 Å². The molecule has 0 aliphatic carbocycles. The van der Waals surface area contributed by atoms with Gasteiger partial charge in [0.25, 0.3) is 5.91 Å². The zero-order chi connectivity index (χ0) is 14.8. The molecule has 0 aliphatic heterocycles. The van der Waals surface area contributed by atoms with Gasteiger partial charge in [-0.15, -0.1) is 0 Å². The molecule has 0 saturated carbocycles. The van der Waals surface area contributed by atoms with Crippen molar-refractivity contribution >= 4 is 11.6 Å². The molecule has 0 aliphatic rings. The number of carbonyl (C=O) groups excluding carboxylic acids is 1. The van der Waals surface area contributed by atoms with Crippen molar-refractivity contribution in [3.8, 4) is 0 Å². The second-order valence-electron chi connectivity index (χ2n) is 4.07. The third-order valence-corrected chi connectivity index (χ3v) is 2.45. The van der Waals surface area contributed by atoms with Crippen molar-refractivity contribution in [3.05, 3.63) is 29.7 Å². The fourth-order valence-corrected chi connectivity index (χ4v) is 1.56. The average molecular weight is 288 g/mol. The van der Waals surface area contributed by atoms with E-state index >= 15 is 0 Å². The Morgan fingerprint density at radius 2 is 2.20 bits per heavy atom. The fraction of sp³-hybridized carbons (Fsp3) is 0.364. The van der Waals surface area contributed by atoms with E-state index in [1.54, 1.807) is 11.5 Å².